The van der Waals surface area contributed by atoms with Gasteiger partial charge in [0, 0.05) is 26.3 Å². The second-order valence-corrected chi connectivity index (χ2v) is 4.82. The van der Waals surface area contributed by atoms with Gasteiger partial charge in [0.2, 0.25) is 0 Å². The van der Waals surface area contributed by atoms with Crippen LogP contribution in [0.15, 0.2) is 16.7 Å². The first-order valence-electron chi connectivity index (χ1n) is 5.42. The molecular weight excluding hydrogens is 304 g/mol. The van der Waals surface area contributed by atoms with Gasteiger partial charge in [-0.05, 0) is 15.9 Å². The highest BCUT2D eigenvalue weighted by molar-refractivity contribution is 9.10. The Morgan fingerprint density at radius 2 is 2.44 bits per heavy atom. The molecule has 2 N–H and O–H groups in total. The summed E-state index contributed by atoms with van der Waals surface area (Å²) < 4.78 is 5.89. The molecule has 0 aromatic carbocycles. The second kappa shape index (κ2) is 5.59. The topological polar surface area (TPSA) is 89.3 Å². The van der Waals surface area contributed by atoms with Crippen LogP contribution < -0.4 is 10.6 Å². The summed E-state index contributed by atoms with van der Waals surface area (Å²) in [5, 5.41) is 17.0. The third-order valence-corrected chi connectivity index (χ3v) is 3.43. The van der Waals surface area contributed by atoms with Crippen LogP contribution >= 0.6 is 15.9 Å². The van der Waals surface area contributed by atoms with Crippen molar-refractivity contribution in [2.75, 3.05) is 25.5 Å². The van der Waals surface area contributed by atoms with Crippen LogP contribution in [0, 0.1) is 10.1 Å². The molecule has 1 unspecified atom stereocenters. The zero-order chi connectivity index (χ0) is 13.1. The third kappa shape index (κ3) is 2.77. The largest absolute Gasteiger partial charge is 0.378 e. The first-order valence-corrected chi connectivity index (χ1v) is 6.21. The molecule has 7 nitrogen and oxygen atoms in total. The van der Waals surface area contributed by atoms with Crippen LogP contribution in [-0.4, -0.2) is 42.3 Å². The number of hydrogen-bond donors (Lipinski definition) is 2. The molecule has 0 saturated carbocycles. The Labute approximate surface area is 112 Å². The van der Waals surface area contributed by atoms with Gasteiger partial charge in [0.15, 0.2) is 0 Å². The van der Waals surface area contributed by atoms with Gasteiger partial charge < -0.3 is 15.4 Å². The third-order valence-electron chi connectivity index (χ3n) is 2.82. The highest BCUT2D eigenvalue weighted by Gasteiger charge is 2.27. The molecule has 0 bridgehead atoms. The van der Waals surface area contributed by atoms with E-state index in [4.69, 9.17) is 4.74 Å². The van der Waals surface area contributed by atoms with Gasteiger partial charge in [-0.25, -0.2) is 4.98 Å². The molecule has 1 saturated heterocycles. The normalized spacial score (nSPS) is 23.0. The average Bonchev–Trinajstić information content (AvgIpc) is 2.78. The number of nitrogens with zero attached hydrogens (tertiary/aromatic N) is 2. The van der Waals surface area contributed by atoms with Crippen LogP contribution in [0.5, 0.6) is 0 Å². The summed E-state index contributed by atoms with van der Waals surface area (Å²) in [6.45, 7) is 1.54. The molecule has 8 heteroatoms. The van der Waals surface area contributed by atoms with Crippen molar-refractivity contribution in [2.24, 2.45) is 0 Å². The smallest absolute Gasteiger partial charge is 0.288 e. The molecule has 0 amide bonds. The molecule has 98 valence electrons. The lowest BCUT2D eigenvalue weighted by Gasteiger charge is -2.19. The minimum atomic E-state index is -0.476. The summed E-state index contributed by atoms with van der Waals surface area (Å²) in [6.07, 6.45) is 1.30. The minimum absolute atomic E-state index is 0.0414. The van der Waals surface area contributed by atoms with E-state index in [1.165, 1.54) is 12.3 Å². The number of ether oxygens (including phenoxy) is 1. The van der Waals surface area contributed by atoms with Gasteiger partial charge in [0.1, 0.15) is 12.0 Å². The maximum atomic E-state index is 10.6. The molecule has 0 aliphatic carbocycles. The molecule has 1 fully saturated rings. The first-order chi connectivity index (χ1) is 8.61. The van der Waals surface area contributed by atoms with Gasteiger partial charge in [0.25, 0.3) is 5.69 Å². The molecule has 1 aliphatic heterocycles. The Balaban J connectivity index is 2.12. The highest BCUT2D eigenvalue weighted by Crippen LogP contribution is 2.25. The van der Waals surface area contributed by atoms with Gasteiger partial charge in [-0.1, -0.05) is 0 Å². The van der Waals surface area contributed by atoms with Crippen molar-refractivity contribution in [2.45, 2.75) is 12.1 Å². The van der Waals surface area contributed by atoms with Crippen LogP contribution in [0.1, 0.15) is 0 Å². The SMILES string of the molecule is CO[C@H]1CNCC1Nc1ncc([N+](=O)[O-])cc1Br. The van der Waals surface area contributed by atoms with Crippen molar-refractivity contribution < 1.29 is 9.66 Å². The minimum Gasteiger partial charge on any atom is -0.378 e. The fourth-order valence-electron chi connectivity index (χ4n) is 1.86. The number of hydrogen-bond acceptors (Lipinski definition) is 6. The summed E-state index contributed by atoms with van der Waals surface area (Å²) in [7, 11) is 1.66. The summed E-state index contributed by atoms with van der Waals surface area (Å²) in [5.41, 5.74) is -0.0414. The Bertz CT molecular complexity index is 457. The maximum Gasteiger partial charge on any atom is 0.288 e. The summed E-state index contributed by atoms with van der Waals surface area (Å²) >= 11 is 3.27. The number of anilines is 1. The lowest BCUT2D eigenvalue weighted by Crippen LogP contribution is -2.33. The van der Waals surface area contributed by atoms with E-state index in [9.17, 15) is 10.1 Å². The number of nitrogens with one attached hydrogen (secondary N) is 2. The molecule has 1 aliphatic rings. The fourth-order valence-corrected chi connectivity index (χ4v) is 2.31. The molecule has 2 heterocycles. The zero-order valence-electron chi connectivity index (χ0n) is 9.72. The standard InChI is InChI=1S/C10H13BrN4O3/c1-18-9-5-12-4-8(9)14-10-7(11)2-6(3-13-10)15(16)17/h2-3,8-9,12H,4-5H2,1H3,(H,13,14)/t8?,9-/m0/s1. The predicted octanol–water partition coefficient (Wildman–Crippen LogP) is 1.15. The predicted molar refractivity (Wildman–Crippen MR) is 69.7 cm³/mol. The summed E-state index contributed by atoms with van der Waals surface area (Å²) in [6, 6.07) is 1.53. The zero-order valence-corrected chi connectivity index (χ0v) is 11.3. The molecule has 18 heavy (non-hydrogen) atoms. The van der Waals surface area contributed by atoms with Gasteiger partial charge in [-0.15, -0.1) is 0 Å². The van der Waals surface area contributed by atoms with Crippen molar-refractivity contribution in [3.8, 4) is 0 Å². The van der Waals surface area contributed by atoms with Crippen LogP contribution in [0.3, 0.4) is 0 Å². The van der Waals surface area contributed by atoms with Gasteiger partial charge in [-0.3, -0.25) is 10.1 Å². The van der Waals surface area contributed by atoms with Crippen molar-refractivity contribution in [1.82, 2.24) is 10.3 Å². The van der Waals surface area contributed by atoms with Crippen molar-refractivity contribution in [1.29, 1.82) is 0 Å². The molecule has 2 rings (SSSR count). The Morgan fingerprint density at radius 1 is 1.67 bits per heavy atom. The van der Waals surface area contributed by atoms with Crippen molar-refractivity contribution in [3.05, 3.63) is 26.9 Å². The van der Waals surface area contributed by atoms with E-state index in [1.54, 1.807) is 7.11 Å². The van der Waals surface area contributed by atoms with Crippen LogP contribution in [0.4, 0.5) is 11.5 Å². The number of rotatable bonds is 4. The Hall–Kier alpha value is -1.25. The monoisotopic (exact) mass is 316 g/mol. The quantitative estimate of drug-likeness (QED) is 0.640. The van der Waals surface area contributed by atoms with E-state index in [2.05, 4.69) is 31.5 Å². The first kappa shape index (κ1) is 13.2. The summed E-state index contributed by atoms with van der Waals surface area (Å²) in [5.74, 6) is 0.580. The summed E-state index contributed by atoms with van der Waals surface area (Å²) in [4.78, 5) is 14.2. The molecule has 1 aromatic rings. The maximum absolute atomic E-state index is 10.6. The Kier molecular flexibility index (Phi) is 4.10. The lowest BCUT2D eigenvalue weighted by atomic mass is 10.2. The molecule has 2 atom stereocenters. The number of pyridine rings is 1. The highest BCUT2D eigenvalue weighted by atomic mass is 79.9. The second-order valence-electron chi connectivity index (χ2n) is 3.96. The lowest BCUT2D eigenvalue weighted by molar-refractivity contribution is -0.385. The fraction of sp³-hybridized carbons (Fsp3) is 0.500. The number of halogens is 1. The molecular formula is C10H13BrN4O3. The number of aromatic nitrogens is 1. The van der Waals surface area contributed by atoms with Gasteiger partial charge in [-0.2, -0.15) is 0 Å². The molecule has 1 aromatic heterocycles. The van der Waals surface area contributed by atoms with E-state index in [0.717, 1.165) is 13.1 Å². The van der Waals surface area contributed by atoms with Crippen molar-refractivity contribution in [3.63, 3.8) is 0 Å². The van der Waals surface area contributed by atoms with Crippen LogP contribution in [-0.2, 0) is 4.74 Å². The molecule has 0 radical (unpaired) electrons. The van der Waals surface area contributed by atoms with E-state index in [-0.39, 0.29) is 17.8 Å². The Morgan fingerprint density at radius 3 is 3.06 bits per heavy atom. The van der Waals surface area contributed by atoms with E-state index in [1.807, 2.05) is 0 Å². The number of methoxy groups -OCH3 is 1. The van der Waals surface area contributed by atoms with Crippen LogP contribution in [0.2, 0.25) is 0 Å². The van der Waals surface area contributed by atoms with E-state index < -0.39 is 4.92 Å². The number of nitro groups is 1. The van der Waals surface area contributed by atoms with Gasteiger partial charge >= 0.3 is 0 Å². The van der Waals surface area contributed by atoms with Crippen molar-refractivity contribution >= 4 is 27.4 Å². The van der Waals surface area contributed by atoms with E-state index >= 15 is 0 Å². The molecule has 0 spiro atoms. The average molecular weight is 317 g/mol. The van der Waals surface area contributed by atoms with Gasteiger partial charge in [0.05, 0.1) is 21.5 Å². The van der Waals surface area contributed by atoms with E-state index in [0.29, 0.717) is 10.3 Å². The van der Waals surface area contributed by atoms with Crippen LogP contribution in [0.25, 0.3) is 0 Å².